The summed E-state index contributed by atoms with van der Waals surface area (Å²) in [5.41, 5.74) is 1.06. The van der Waals surface area contributed by atoms with E-state index in [2.05, 4.69) is 6.58 Å². The average Bonchev–Trinajstić information content (AvgIpc) is 3.21. The minimum Gasteiger partial charge on any atom is -0.375 e. The maximum atomic E-state index is 12.7. The first kappa shape index (κ1) is 15.3. The van der Waals surface area contributed by atoms with Gasteiger partial charge in [0.05, 0.1) is 22.7 Å². The van der Waals surface area contributed by atoms with E-state index in [-0.39, 0.29) is 6.61 Å². The maximum absolute atomic E-state index is 12.7. The Morgan fingerprint density at radius 3 is 2.40 bits per heavy atom. The molecule has 1 saturated carbocycles. The number of benzene rings is 1. The molecule has 0 atom stereocenters. The highest BCUT2D eigenvalue weighted by Crippen LogP contribution is 2.48. The molecule has 0 amide bonds. The van der Waals surface area contributed by atoms with E-state index in [1.807, 2.05) is 30.3 Å². The van der Waals surface area contributed by atoms with Crippen molar-refractivity contribution in [2.24, 2.45) is 0 Å². The second-order valence-corrected chi connectivity index (χ2v) is 8.90. The normalized spacial score (nSPS) is 17.7. The van der Waals surface area contributed by atoms with Crippen molar-refractivity contribution in [1.29, 1.82) is 0 Å². The van der Waals surface area contributed by atoms with Gasteiger partial charge < -0.3 is 4.74 Å². The molecule has 1 aliphatic rings. The van der Waals surface area contributed by atoms with Crippen LogP contribution in [0.15, 0.2) is 43.0 Å². The summed E-state index contributed by atoms with van der Waals surface area (Å²) in [6.45, 7) is 7.77. The first-order valence-electron chi connectivity index (χ1n) is 6.84. The van der Waals surface area contributed by atoms with E-state index in [4.69, 9.17) is 4.74 Å². The van der Waals surface area contributed by atoms with Gasteiger partial charge in [-0.1, -0.05) is 36.4 Å². The third-order valence-electron chi connectivity index (χ3n) is 4.04. The van der Waals surface area contributed by atoms with Crippen LogP contribution in [0.25, 0.3) is 0 Å². The van der Waals surface area contributed by atoms with Crippen molar-refractivity contribution >= 4 is 9.84 Å². The summed E-state index contributed by atoms with van der Waals surface area (Å²) in [7, 11) is -3.27. The van der Waals surface area contributed by atoms with Gasteiger partial charge in [0.15, 0.2) is 9.84 Å². The van der Waals surface area contributed by atoms with E-state index in [0.717, 1.165) is 5.56 Å². The minimum absolute atomic E-state index is 0.265. The number of hydrogen-bond donors (Lipinski definition) is 0. The summed E-state index contributed by atoms with van der Waals surface area (Å²) in [5.74, 6) is 0. The van der Waals surface area contributed by atoms with Gasteiger partial charge in [-0.15, -0.1) is 6.58 Å². The second kappa shape index (κ2) is 5.34. The molecule has 1 aromatic rings. The zero-order chi connectivity index (χ0) is 14.9. The number of ether oxygens (including phenoxy) is 1. The van der Waals surface area contributed by atoms with Crippen molar-refractivity contribution in [3.8, 4) is 0 Å². The summed E-state index contributed by atoms with van der Waals surface area (Å²) in [5, 5.41) is 0. The Hall–Kier alpha value is -1.13. The number of sulfone groups is 1. The van der Waals surface area contributed by atoms with Gasteiger partial charge in [-0.05, 0) is 32.3 Å². The average molecular weight is 294 g/mol. The van der Waals surface area contributed by atoms with Gasteiger partial charge >= 0.3 is 0 Å². The quantitative estimate of drug-likeness (QED) is 0.726. The van der Waals surface area contributed by atoms with Gasteiger partial charge in [-0.2, -0.15) is 0 Å². The summed E-state index contributed by atoms with van der Waals surface area (Å²) in [6.07, 6.45) is 2.88. The summed E-state index contributed by atoms with van der Waals surface area (Å²) in [4.78, 5) is 0. The highest BCUT2D eigenvalue weighted by atomic mass is 32.2. The van der Waals surface area contributed by atoms with E-state index in [1.165, 1.54) is 6.08 Å². The third-order valence-corrected chi connectivity index (χ3v) is 7.26. The van der Waals surface area contributed by atoms with E-state index in [9.17, 15) is 8.42 Å². The van der Waals surface area contributed by atoms with E-state index >= 15 is 0 Å². The van der Waals surface area contributed by atoms with Gasteiger partial charge in [0, 0.05) is 0 Å². The van der Waals surface area contributed by atoms with Crippen molar-refractivity contribution in [1.82, 2.24) is 0 Å². The molecule has 4 heteroatoms. The smallest absolute Gasteiger partial charge is 0.166 e. The van der Waals surface area contributed by atoms with E-state index in [0.29, 0.717) is 19.4 Å². The van der Waals surface area contributed by atoms with E-state index < -0.39 is 19.3 Å². The first-order valence-corrected chi connectivity index (χ1v) is 8.32. The van der Waals surface area contributed by atoms with Crippen LogP contribution in [-0.2, 0) is 21.2 Å². The molecule has 2 rings (SSSR count). The van der Waals surface area contributed by atoms with Crippen LogP contribution in [0.3, 0.4) is 0 Å². The fourth-order valence-corrected chi connectivity index (χ4v) is 4.44. The Kier molecular flexibility index (Phi) is 4.07. The van der Waals surface area contributed by atoms with Gasteiger partial charge in [-0.3, -0.25) is 0 Å². The van der Waals surface area contributed by atoms with Crippen molar-refractivity contribution in [3.05, 3.63) is 48.6 Å². The van der Waals surface area contributed by atoms with Crippen molar-refractivity contribution < 1.29 is 13.2 Å². The van der Waals surface area contributed by atoms with Crippen LogP contribution >= 0.6 is 0 Å². The number of rotatable bonds is 7. The lowest BCUT2D eigenvalue weighted by molar-refractivity contribution is 0.116. The Bertz CT molecular complexity index is 569. The Morgan fingerprint density at radius 1 is 1.30 bits per heavy atom. The Labute approximate surface area is 121 Å². The van der Waals surface area contributed by atoms with E-state index in [1.54, 1.807) is 13.8 Å². The van der Waals surface area contributed by atoms with Crippen LogP contribution < -0.4 is 0 Å². The van der Waals surface area contributed by atoms with Crippen molar-refractivity contribution in [2.45, 2.75) is 42.8 Å². The molecule has 0 spiro atoms. The summed E-state index contributed by atoms with van der Waals surface area (Å²) in [6, 6.07) is 9.79. The zero-order valence-corrected chi connectivity index (χ0v) is 12.9. The van der Waals surface area contributed by atoms with Crippen LogP contribution in [0.2, 0.25) is 0 Å². The lowest BCUT2D eigenvalue weighted by Gasteiger charge is -2.27. The third kappa shape index (κ3) is 2.67. The molecule has 0 bridgehead atoms. The van der Waals surface area contributed by atoms with Gasteiger partial charge in [0.2, 0.25) is 0 Å². The monoisotopic (exact) mass is 294 g/mol. The molecule has 0 heterocycles. The maximum Gasteiger partial charge on any atom is 0.166 e. The first-order chi connectivity index (χ1) is 9.35. The largest absolute Gasteiger partial charge is 0.375 e. The fraction of sp³-hybridized carbons (Fsp3) is 0.500. The summed E-state index contributed by atoms with van der Waals surface area (Å²) < 4.78 is 29.4. The van der Waals surface area contributed by atoms with Gasteiger partial charge in [0.1, 0.15) is 0 Å². The fourth-order valence-electron chi connectivity index (χ4n) is 2.23. The zero-order valence-electron chi connectivity index (χ0n) is 12.1. The molecular formula is C16H22O3S. The molecule has 0 radical (unpaired) electrons. The molecule has 110 valence electrons. The van der Waals surface area contributed by atoms with Crippen LogP contribution in [0.4, 0.5) is 0 Å². The molecular weight excluding hydrogens is 272 g/mol. The lowest BCUT2D eigenvalue weighted by Crippen LogP contribution is -2.42. The molecule has 0 unspecified atom stereocenters. The topological polar surface area (TPSA) is 43.4 Å². The van der Waals surface area contributed by atoms with Crippen molar-refractivity contribution in [2.75, 3.05) is 6.61 Å². The second-order valence-electron chi connectivity index (χ2n) is 5.97. The molecule has 1 aromatic carbocycles. The Morgan fingerprint density at radius 2 is 1.90 bits per heavy atom. The predicted molar refractivity (Wildman–Crippen MR) is 81.3 cm³/mol. The molecule has 0 N–H and O–H groups in total. The molecule has 0 aliphatic heterocycles. The highest BCUT2D eigenvalue weighted by molar-refractivity contribution is 7.94. The lowest BCUT2D eigenvalue weighted by atomic mass is 10.2. The van der Waals surface area contributed by atoms with Crippen LogP contribution in [0, 0.1) is 0 Å². The molecule has 0 saturated heterocycles. The molecule has 1 fully saturated rings. The van der Waals surface area contributed by atoms with Crippen LogP contribution in [0.1, 0.15) is 32.3 Å². The van der Waals surface area contributed by atoms with Gasteiger partial charge in [-0.25, -0.2) is 8.42 Å². The van der Waals surface area contributed by atoms with Gasteiger partial charge in [0.25, 0.3) is 0 Å². The molecule has 3 nitrogen and oxygen atoms in total. The van der Waals surface area contributed by atoms with Crippen LogP contribution in [0.5, 0.6) is 0 Å². The van der Waals surface area contributed by atoms with Crippen LogP contribution in [-0.4, -0.2) is 24.5 Å². The standard InChI is InChI=1S/C16H22O3S/c1-4-15(2,3)20(17,18)16(10-11-16)13-19-12-14-8-6-5-7-9-14/h4-9H,1,10-13H2,2-3H3. The molecule has 1 aliphatic carbocycles. The summed E-state index contributed by atoms with van der Waals surface area (Å²) >= 11 is 0. The Balaban J connectivity index is 2.01. The van der Waals surface area contributed by atoms with Crippen molar-refractivity contribution in [3.63, 3.8) is 0 Å². The molecule has 0 aromatic heterocycles. The highest BCUT2D eigenvalue weighted by Gasteiger charge is 2.59. The predicted octanol–water partition coefficient (Wildman–Crippen LogP) is 3.12. The SMILES string of the molecule is C=CC(C)(C)S(=O)(=O)C1(COCc2ccccc2)CC1. The number of hydrogen-bond acceptors (Lipinski definition) is 3. The minimum atomic E-state index is -3.27. The molecule has 20 heavy (non-hydrogen) atoms.